The van der Waals surface area contributed by atoms with Gasteiger partial charge in [-0.05, 0) is 61.4 Å². The molecule has 0 radical (unpaired) electrons. The van der Waals surface area contributed by atoms with E-state index in [1.54, 1.807) is 0 Å². The quantitative estimate of drug-likeness (QED) is 0.660. The van der Waals surface area contributed by atoms with Crippen LogP contribution in [0.4, 0.5) is 0 Å². The molecule has 0 amide bonds. The molecule has 1 N–H and O–H groups in total. The first kappa shape index (κ1) is 16.1. The number of thioether (sulfide) groups is 1. The summed E-state index contributed by atoms with van der Waals surface area (Å²) in [6.45, 7) is 4.43. The predicted molar refractivity (Wildman–Crippen MR) is 87.7 cm³/mol. The van der Waals surface area contributed by atoms with E-state index in [-0.39, 0.29) is 0 Å². The Bertz CT molecular complexity index is 320. The van der Waals surface area contributed by atoms with Crippen LogP contribution in [0.25, 0.3) is 0 Å². The van der Waals surface area contributed by atoms with E-state index in [0.717, 1.165) is 13.1 Å². The van der Waals surface area contributed by atoms with E-state index in [0.29, 0.717) is 5.92 Å². The SMILES string of the molecule is CCCNCC(CCCSC)c1cccc(Br)c1. The molecule has 0 aliphatic rings. The fraction of sp³-hybridized carbons (Fsp3) is 0.600. The van der Waals surface area contributed by atoms with Crippen LogP contribution in [0.1, 0.15) is 37.7 Å². The molecule has 18 heavy (non-hydrogen) atoms. The first-order valence-corrected chi connectivity index (χ1v) is 8.91. The van der Waals surface area contributed by atoms with Gasteiger partial charge in [-0.1, -0.05) is 35.0 Å². The number of rotatable bonds is 9. The van der Waals surface area contributed by atoms with Gasteiger partial charge in [0.2, 0.25) is 0 Å². The van der Waals surface area contributed by atoms with Crippen molar-refractivity contribution in [3.05, 3.63) is 34.3 Å². The molecule has 102 valence electrons. The molecule has 1 aromatic rings. The van der Waals surface area contributed by atoms with Crippen molar-refractivity contribution in [3.8, 4) is 0 Å². The second kappa shape index (κ2) is 9.88. The topological polar surface area (TPSA) is 12.0 Å². The summed E-state index contributed by atoms with van der Waals surface area (Å²) in [4.78, 5) is 0. The van der Waals surface area contributed by atoms with Gasteiger partial charge in [-0.15, -0.1) is 0 Å². The molecule has 0 fully saturated rings. The molecule has 0 bridgehead atoms. The van der Waals surface area contributed by atoms with Crippen molar-refractivity contribution in [2.45, 2.75) is 32.1 Å². The van der Waals surface area contributed by atoms with Gasteiger partial charge in [0.05, 0.1) is 0 Å². The van der Waals surface area contributed by atoms with Gasteiger partial charge in [0, 0.05) is 11.0 Å². The third kappa shape index (κ3) is 6.26. The minimum Gasteiger partial charge on any atom is -0.316 e. The average molecular weight is 330 g/mol. The van der Waals surface area contributed by atoms with Crippen molar-refractivity contribution in [2.24, 2.45) is 0 Å². The lowest BCUT2D eigenvalue weighted by molar-refractivity contribution is 0.544. The highest BCUT2D eigenvalue weighted by molar-refractivity contribution is 9.10. The number of halogens is 1. The number of nitrogens with one attached hydrogen (secondary N) is 1. The summed E-state index contributed by atoms with van der Waals surface area (Å²) in [6.07, 6.45) is 5.96. The van der Waals surface area contributed by atoms with Gasteiger partial charge in [-0.3, -0.25) is 0 Å². The average Bonchev–Trinajstić information content (AvgIpc) is 2.37. The molecule has 0 saturated heterocycles. The molecule has 1 aromatic carbocycles. The van der Waals surface area contributed by atoms with Gasteiger partial charge in [0.25, 0.3) is 0 Å². The molecule has 0 aliphatic heterocycles. The molecular formula is C15H24BrNS. The standard InChI is InChI=1S/C15H24BrNS/c1-3-9-17-12-14(7-5-10-18-2)13-6-4-8-15(16)11-13/h4,6,8,11,14,17H,3,5,7,9-10,12H2,1-2H3. The molecule has 0 aromatic heterocycles. The number of hydrogen-bond acceptors (Lipinski definition) is 2. The Morgan fingerprint density at radius 2 is 2.22 bits per heavy atom. The van der Waals surface area contributed by atoms with E-state index in [1.165, 1.54) is 35.1 Å². The van der Waals surface area contributed by atoms with E-state index < -0.39 is 0 Å². The first-order valence-electron chi connectivity index (χ1n) is 6.73. The van der Waals surface area contributed by atoms with Gasteiger partial charge in [-0.25, -0.2) is 0 Å². The van der Waals surface area contributed by atoms with Crippen molar-refractivity contribution in [1.82, 2.24) is 5.32 Å². The van der Waals surface area contributed by atoms with E-state index in [9.17, 15) is 0 Å². The van der Waals surface area contributed by atoms with Crippen LogP contribution in [-0.2, 0) is 0 Å². The molecule has 0 spiro atoms. The first-order chi connectivity index (χ1) is 8.77. The maximum Gasteiger partial charge on any atom is 0.0178 e. The fourth-order valence-electron chi connectivity index (χ4n) is 2.07. The molecule has 1 unspecified atom stereocenters. The monoisotopic (exact) mass is 329 g/mol. The van der Waals surface area contributed by atoms with E-state index in [2.05, 4.69) is 58.7 Å². The fourth-order valence-corrected chi connectivity index (χ4v) is 2.95. The maximum atomic E-state index is 3.57. The minimum atomic E-state index is 0.640. The molecule has 3 heteroatoms. The van der Waals surface area contributed by atoms with E-state index in [4.69, 9.17) is 0 Å². The third-order valence-corrected chi connectivity index (χ3v) is 4.23. The zero-order valence-electron chi connectivity index (χ0n) is 11.4. The second-order valence-electron chi connectivity index (χ2n) is 4.59. The Balaban J connectivity index is 2.57. The smallest absolute Gasteiger partial charge is 0.0178 e. The molecule has 0 aliphatic carbocycles. The van der Waals surface area contributed by atoms with Crippen LogP contribution in [0.2, 0.25) is 0 Å². The van der Waals surface area contributed by atoms with Crippen LogP contribution in [0, 0.1) is 0 Å². The Labute approximate surface area is 124 Å². The zero-order chi connectivity index (χ0) is 13.2. The highest BCUT2D eigenvalue weighted by Crippen LogP contribution is 2.24. The number of hydrogen-bond donors (Lipinski definition) is 1. The van der Waals surface area contributed by atoms with Crippen molar-refractivity contribution in [2.75, 3.05) is 25.1 Å². The summed E-state index contributed by atoms with van der Waals surface area (Å²) in [5, 5.41) is 3.56. The zero-order valence-corrected chi connectivity index (χ0v) is 13.8. The Kier molecular flexibility index (Phi) is 8.82. The summed E-state index contributed by atoms with van der Waals surface area (Å²) < 4.78 is 1.19. The Hall–Kier alpha value is 0.01000. The summed E-state index contributed by atoms with van der Waals surface area (Å²) in [5.74, 6) is 1.90. The Morgan fingerprint density at radius 1 is 1.39 bits per heavy atom. The lowest BCUT2D eigenvalue weighted by Crippen LogP contribution is -2.22. The minimum absolute atomic E-state index is 0.640. The molecule has 1 rings (SSSR count). The lowest BCUT2D eigenvalue weighted by Gasteiger charge is -2.18. The van der Waals surface area contributed by atoms with Gasteiger partial charge < -0.3 is 5.32 Å². The predicted octanol–water partition coefficient (Wildman–Crippen LogP) is 4.68. The van der Waals surface area contributed by atoms with Crippen LogP contribution in [0.15, 0.2) is 28.7 Å². The molecular weight excluding hydrogens is 306 g/mol. The molecule has 1 nitrogen and oxygen atoms in total. The second-order valence-corrected chi connectivity index (χ2v) is 6.49. The van der Waals surface area contributed by atoms with E-state index >= 15 is 0 Å². The Morgan fingerprint density at radius 3 is 2.89 bits per heavy atom. The molecule has 1 atom stereocenters. The summed E-state index contributed by atoms with van der Waals surface area (Å²) >= 11 is 5.51. The maximum absolute atomic E-state index is 3.57. The summed E-state index contributed by atoms with van der Waals surface area (Å²) in [7, 11) is 0. The van der Waals surface area contributed by atoms with Crippen LogP contribution < -0.4 is 5.32 Å². The van der Waals surface area contributed by atoms with Gasteiger partial charge >= 0.3 is 0 Å². The van der Waals surface area contributed by atoms with Crippen molar-refractivity contribution in [1.29, 1.82) is 0 Å². The lowest BCUT2D eigenvalue weighted by atomic mass is 9.94. The van der Waals surface area contributed by atoms with Crippen molar-refractivity contribution in [3.63, 3.8) is 0 Å². The summed E-state index contributed by atoms with van der Waals surface area (Å²) in [5.41, 5.74) is 1.45. The van der Waals surface area contributed by atoms with E-state index in [1.807, 2.05) is 11.8 Å². The van der Waals surface area contributed by atoms with Crippen molar-refractivity contribution < 1.29 is 0 Å². The van der Waals surface area contributed by atoms with Crippen LogP contribution in [0.3, 0.4) is 0 Å². The van der Waals surface area contributed by atoms with Gasteiger partial charge in [0.1, 0.15) is 0 Å². The van der Waals surface area contributed by atoms with Crippen LogP contribution >= 0.6 is 27.7 Å². The summed E-state index contributed by atoms with van der Waals surface area (Å²) in [6, 6.07) is 8.75. The third-order valence-electron chi connectivity index (χ3n) is 3.04. The number of benzene rings is 1. The molecule has 0 heterocycles. The highest BCUT2D eigenvalue weighted by atomic mass is 79.9. The van der Waals surface area contributed by atoms with Gasteiger partial charge in [0.15, 0.2) is 0 Å². The van der Waals surface area contributed by atoms with Gasteiger partial charge in [-0.2, -0.15) is 11.8 Å². The molecule has 0 saturated carbocycles. The van der Waals surface area contributed by atoms with Crippen LogP contribution in [-0.4, -0.2) is 25.1 Å². The highest BCUT2D eigenvalue weighted by Gasteiger charge is 2.11. The van der Waals surface area contributed by atoms with Crippen LogP contribution in [0.5, 0.6) is 0 Å². The normalized spacial score (nSPS) is 12.6. The largest absolute Gasteiger partial charge is 0.316 e. The van der Waals surface area contributed by atoms with Crippen molar-refractivity contribution >= 4 is 27.7 Å².